The Balaban J connectivity index is 1.46. The largest absolute Gasteiger partial charge is 0.493 e. The van der Waals surface area contributed by atoms with Crippen molar-refractivity contribution in [1.82, 2.24) is 10.6 Å². The van der Waals surface area contributed by atoms with Gasteiger partial charge in [-0.2, -0.15) is 0 Å². The SMILES string of the molecule is O=C(NCc1ccccc1OCC1CC1)N[C@@H]1C=C[C@H](CO)C1. The van der Waals surface area contributed by atoms with Gasteiger partial charge in [0.05, 0.1) is 6.61 Å². The first-order valence-electron chi connectivity index (χ1n) is 8.29. The first-order valence-corrected chi connectivity index (χ1v) is 8.29. The van der Waals surface area contributed by atoms with Gasteiger partial charge in [0.15, 0.2) is 0 Å². The second kappa shape index (κ2) is 7.51. The topological polar surface area (TPSA) is 70.6 Å². The number of urea groups is 1. The zero-order valence-corrected chi connectivity index (χ0v) is 13.2. The van der Waals surface area contributed by atoms with Crippen LogP contribution in [0.3, 0.4) is 0 Å². The molecule has 0 unspecified atom stereocenters. The number of rotatable bonds is 7. The van der Waals surface area contributed by atoms with E-state index in [2.05, 4.69) is 10.6 Å². The molecule has 0 heterocycles. The minimum absolute atomic E-state index is 0.00601. The van der Waals surface area contributed by atoms with Crippen LogP contribution in [0.1, 0.15) is 24.8 Å². The molecule has 2 amide bonds. The van der Waals surface area contributed by atoms with Crippen molar-refractivity contribution in [1.29, 1.82) is 0 Å². The van der Waals surface area contributed by atoms with Crippen LogP contribution >= 0.6 is 0 Å². The minimum Gasteiger partial charge on any atom is -0.493 e. The predicted octanol–water partition coefficient (Wildman–Crippen LogP) is 2.21. The summed E-state index contributed by atoms with van der Waals surface area (Å²) in [5.41, 5.74) is 0.985. The normalized spacial score (nSPS) is 22.8. The van der Waals surface area contributed by atoms with E-state index in [1.807, 2.05) is 36.4 Å². The van der Waals surface area contributed by atoms with Gasteiger partial charge in [0.1, 0.15) is 5.75 Å². The van der Waals surface area contributed by atoms with Gasteiger partial charge in [0, 0.05) is 30.7 Å². The van der Waals surface area contributed by atoms with Crippen LogP contribution in [0.2, 0.25) is 0 Å². The van der Waals surface area contributed by atoms with E-state index in [1.165, 1.54) is 12.8 Å². The van der Waals surface area contributed by atoms with E-state index in [0.29, 0.717) is 12.5 Å². The number of para-hydroxylation sites is 1. The number of hydrogen-bond acceptors (Lipinski definition) is 3. The molecule has 0 spiro atoms. The third-order valence-corrected chi connectivity index (χ3v) is 4.31. The first-order chi connectivity index (χ1) is 11.2. The zero-order valence-electron chi connectivity index (χ0n) is 13.2. The Kier molecular flexibility index (Phi) is 5.18. The molecule has 2 aliphatic carbocycles. The molecule has 3 rings (SSSR count). The number of benzene rings is 1. The third-order valence-electron chi connectivity index (χ3n) is 4.31. The van der Waals surface area contributed by atoms with Crippen LogP contribution in [0, 0.1) is 11.8 Å². The molecule has 1 aromatic rings. The van der Waals surface area contributed by atoms with Gasteiger partial charge in [0.25, 0.3) is 0 Å². The molecule has 5 nitrogen and oxygen atoms in total. The van der Waals surface area contributed by atoms with Gasteiger partial charge in [-0.15, -0.1) is 0 Å². The molecule has 2 atom stereocenters. The van der Waals surface area contributed by atoms with E-state index in [1.54, 1.807) is 0 Å². The number of amides is 2. The van der Waals surface area contributed by atoms with Crippen molar-refractivity contribution in [2.45, 2.75) is 31.8 Å². The Morgan fingerprint density at radius 1 is 1.26 bits per heavy atom. The van der Waals surface area contributed by atoms with Gasteiger partial charge < -0.3 is 20.5 Å². The van der Waals surface area contributed by atoms with Gasteiger partial charge in [-0.3, -0.25) is 0 Å². The molecular weight excluding hydrogens is 292 g/mol. The van der Waals surface area contributed by atoms with Gasteiger partial charge in [-0.1, -0.05) is 30.4 Å². The average Bonchev–Trinajstić information content (AvgIpc) is 3.29. The molecule has 1 aromatic carbocycles. The Hall–Kier alpha value is -2.01. The highest BCUT2D eigenvalue weighted by Gasteiger charge is 2.22. The van der Waals surface area contributed by atoms with Crippen LogP contribution in [-0.2, 0) is 6.54 Å². The second-order valence-corrected chi connectivity index (χ2v) is 6.36. The smallest absolute Gasteiger partial charge is 0.315 e. The van der Waals surface area contributed by atoms with Crippen LogP contribution < -0.4 is 15.4 Å². The van der Waals surface area contributed by atoms with Crippen LogP contribution in [0.4, 0.5) is 4.79 Å². The van der Waals surface area contributed by atoms with E-state index >= 15 is 0 Å². The zero-order chi connectivity index (χ0) is 16.1. The Morgan fingerprint density at radius 2 is 2.09 bits per heavy atom. The van der Waals surface area contributed by atoms with Crippen molar-refractivity contribution in [2.75, 3.05) is 13.2 Å². The number of carbonyl (C=O) groups is 1. The lowest BCUT2D eigenvalue weighted by Gasteiger charge is -2.15. The molecule has 23 heavy (non-hydrogen) atoms. The summed E-state index contributed by atoms with van der Waals surface area (Å²) in [5.74, 6) is 1.70. The summed E-state index contributed by atoms with van der Waals surface area (Å²) >= 11 is 0. The number of ether oxygens (including phenoxy) is 1. The Bertz CT molecular complexity index is 569. The van der Waals surface area contributed by atoms with E-state index in [0.717, 1.165) is 24.3 Å². The quantitative estimate of drug-likeness (QED) is 0.676. The van der Waals surface area contributed by atoms with Gasteiger partial charge >= 0.3 is 6.03 Å². The molecule has 124 valence electrons. The molecule has 1 saturated carbocycles. The lowest BCUT2D eigenvalue weighted by Crippen LogP contribution is -2.40. The molecule has 0 aliphatic heterocycles. The molecule has 0 bridgehead atoms. The van der Waals surface area contributed by atoms with E-state index in [-0.39, 0.29) is 24.6 Å². The summed E-state index contributed by atoms with van der Waals surface area (Å²) in [6.07, 6.45) is 7.16. The molecule has 0 aromatic heterocycles. The van der Waals surface area contributed by atoms with E-state index < -0.39 is 0 Å². The molecule has 1 fully saturated rings. The van der Waals surface area contributed by atoms with Crippen LogP contribution in [0.5, 0.6) is 5.75 Å². The fourth-order valence-corrected chi connectivity index (χ4v) is 2.69. The summed E-state index contributed by atoms with van der Waals surface area (Å²) in [6, 6.07) is 7.61. The fourth-order valence-electron chi connectivity index (χ4n) is 2.69. The molecule has 2 aliphatic rings. The van der Waals surface area contributed by atoms with Gasteiger partial charge in [-0.05, 0) is 31.2 Å². The number of aliphatic hydroxyl groups excluding tert-OH is 1. The molecule has 5 heteroatoms. The standard InChI is InChI=1S/C18H24N2O3/c21-11-14-7-8-16(9-14)20-18(22)19-10-15-3-1-2-4-17(15)23-12-13-5-6-13/h1-4,7-8,13-14,16,21H,5-6,9-12H2,(H2,19,20,22)/t14-,16+/m0/s1. The summed E-state index contributed by atoms with van der Waals surface area (Å²) in [7, 11) is 0. The highest BCUT2D eigenvalue weighted by Crippen LogP contribution is 2.30. The van der Waals surface area contributed by atoms with Crippen LogP contribution in [0.15, 0.2) is 36.4 Å². The highest BCUT2D eigenvalue weighted by atomic mass is 16.5. The monoisotopic (exact) mass is 316 g/mol. The Labute approximate surface area is 136 Å². The maximum atomic E-state index is 12.0. The number of hydrogen-bond donors (Lipinski definition) is 3. The van der Waals surface area contributed by atoms with Crippen molar-refractivity contribution >= 4 is 6.03 Å². The molecular formula is C18H24N2O3. The second-order valence-electron chi connectivity index (χ2n) is 6.36. The Morgan fingerprint density at radius 3 is 2.83 bits per heavy atom. The number of aliphatic hydroxyl groups is 1. The van der Waals surface area contributed by atoms with E-state index in [4.69, 9.17) is 9.84 Å². The van der Waals surface area contributed by atoms with Gasteiger partial charge in [0.2, 0.25) is 0 Å². The fraction of sp³-hybridized carbons (Fsp3) is 0.500. The first kappa shape index (κ1) is 15.9. The highest BCUT2D eigenvalue weighted by molar-refractivity contribution is 5.74. The maximum absolute atomic E-state index is 12.0. The lowest BCUT2D eigenvalue weighted by molar-refractivity contribution is 0.231. The summed E-state index contributed by atoms with van der Waals surface area (Å²) < 4.78 is 5.84. The van der Waals surface area contributed by atoms with Crippen molar-refractivity contribution in [3.8, 4) is 5.75 Å². The summed E-state index contributed by atoms with van der Waals surface area (Å²) in [5, 5.41) is 14.9. The number of nitrogens with one attached hydrogen (secondary N) is 2. The average molecular weight is 316 g/mol. The maximum Gasteiger partial charge on any atom is 0.315 e. The van der Waals surface area contributed by atoms with Crippen molar-refractivity contribution < 1.29 is 14.6 Å². The third kappa shape index (κ3) is 4.73. The van der Waals surface area contributed by atoms with Crippen molar-refractivity contribution in [3.05, 3.63) is 42.0 Å². The summed E-state index contributed by atoms with van der Waals surface area (Å²) in [4.78, 5) is 12.0. The van der Waals surface area contributed by atoms with Crippen molar-refractivity contribution in [3.63, 3.8) is 0 Å². The predicted molar refractivity (Wildman–Crippen MR) is 88.2 cm³/mol. The summed E-state index contributed by atoms with van der Waals surface area (Å²) in [6.45, 7) is 1.33. The van der Waals surface area contributed by atoms with Crippen LogP contribution in [0.25, 0.3) is 0 Å². The minimum atomic E-state index is -0.199. The van der Waals surface area contributed by atoms with Gasteiger partial charge in [-0.25, -0.2) is 4.79 Å². The molecule has 0 saturated heterocycles. The molecule has 0 radical (unpaired) electrons. The number of carbonyl (C=O) groups excluding carboxylic acids is 1. The molecule has 3 N–H and O–H groups in total. The van der Waals surface area contributed by atoms with Crippen molar-refractivity contribution in [2.24, 2.45) is 11.8 Å². The van der Waals surface area contributed by atoms with E-state index in [9.17, 15) is 4.79 Å². The van der Waals surface area contributed by atoms with Crippen LogP contribution in [-0.4, -0.2) is 30.4 Å². The lowest BCUT2D eigenvalue weighted by atomic mass is 10.1.